The Morgan fingerprint density at radius 1 is 1.04 bits per heavy atom. The van der Waals surface area contributed by atoms with Crippen LogP contribution in [0, 0.1) is 0 Å². The molecule has 2 aliphatic heterocycles. The first kappa shape index (κ1) is 22.0. The topological polar surface area (TPSA) is 54.4 Å². The summed E-state index contributed by atoms with van der Waals surface area (Å²) >= 11 is 0. The Kier molecular flexibility index (Phi) is 8.83. The lowest BCUT2D eigenvalue weighted by molar-refractivity contribution is -0.135. The Morgan fingerprint density at radius 2 is 1.67 bits per heavy atom. The number of nitrogens with one attached hydrogen (secondary N) is 1. The van der Waals surface area contributed by atoms with Crippen molar-refractivity contribution in [2.24, 2.45) is 4.99 Å². The van der Waals surface area contributed by atoms with Crippen molar-refractivity contribution in [2.45, 2.75) is 52.6 Å². The molecule has 2 fully saturated rings. The molecule has 0 saturated carbocycles. The lowest BCUT2D eigenvalue weighted by Gasteiger charge is -2.39. The molecular weight excluding hydrogens is 340 g/mol. The Bertz CT molecular complexity index is 481. The second-order valence-corrected chi connectivity index (χ2v) is 7.93. The van der Waals surface area contributed by atoms with Crippen LogP contribution in [-0.2, 0) is 4.79 Å². The fraction of sp³-hybridized carbons (Fsp3) is 0.900. The molecule has 2 saturated heterocycles. The average Bonchev–Trinajstić information content (AvgIpc) is 3.22. The molecule has 0 radical (unpaired) electrons. The molecule has 1 atom stereocenters. The van der Waals surface area contributed by atoms with Gasteiger partial charge in [0.25, 0.3) is 0 Å². The predicted molar refractivity (Wildman–Crippen MR) is 112 cm³/mol. The van der Waals surface area contributed by atoms with Crippen molar-refractivity contribution < 1.29 is 4.79 Å². The van der Waals surface area contributed by atoms with Gasteiger partial charge in [0, 0.05) is 65.4 Å². The first-order chi connectivity index (χ1) is 13.0. The van der Waals surface area contributed by atoms with Gasteiger partial charge in [-0.1, -0.05) is 6.92 Å². The van der Waals surface area contributed by atoms with Gasteiger partial charge in [0.1, 0.15) is 0 Å². The highest BCUT2D eigenvalue weighted by Gasteiger charge is 2.30. The number of amides is 1. The quantitative estimate of drug-likeness (QED) is 0.526. The largest absolute Gasteiger partial charge is 0.355 e. The number of likely N-dealkylation sites (N-methyl/N-ethyl adjacent to an activating group) is 1. The highest BCUT2D eigenvalue weighted by atomic mass is 16.2. The number of guanidine groups is 1. The van der Waals surface area contributed by atoms with Gasteiger partial charge in [0.05, 0.1) is 6.04 Å². The van der Waals surface area contributed by atoms with Gasteiger partial charge < -0.3 is 15.1 Å². The van der Waals surface area contributed by atoms with Crippen molar-refractivity contribution in [3.8, 4) is 0 Å². The van der Waals surface area contributed by atoms with Gasteiger partial charge in [0.2, 0.25) is 5.91 Å². The summed E-state index contributed by atoms with van der Waals surface area (Å²) in [5.41, 5.74) is 0. The summed E-state index contributed by atoms with van der Waals surface area (Å²) in [7, 11) is 1.86. The third-order valence-corrected chi connectivity index (χ3v) is 5.97. The molecule has 27 heavy (non-hydrogen) atoms. The minimum atomic E-state index is -0.00983. The highest BCUT2D eigenvalue weighted by Crippen LogP contribution is 2.14. The summed E-state index contributed by atoms with van der Waals surface area (Å²) in [4.78, 5) is 26.2. The molecule has 1 amide bonds. The maximum Gasteiger partial charge on any atom is 0.239 e. The molecule has 0 aliphatic carbocycles. The second-order valence-electron chi connectivity index (χ2n) is 7.93. The molecule has 2 heterocycles. The molecule has 2 rings (SSSR count). The second kappa shape index (κ2) is 10.9. The van der Waals surface area contributed by atoms with Gasteiger partial charge in [0.15, 0.2) is 5.96 Å². The number of hydrogen-bond acceptors (Lipinski definition) is 4. The summed E-state index contributed by atoms with van der Waals surface area (Å²) in [6.45, 7) is 17.3. The van der Waals surface area contributed by atoms with Crippen LogP contribution >= 0.6 is 0 Å². The SMILES string of the molecule is CCN(CCNC(=NC)N1CCN(C(C)C(=O)N2CCCC2)CC1)C(C)C. The molecule has 2 aliphatic rings. The minimum absolute atomic E-state index is 0.00983. The van der Waals surface area contributed by atoms with Crippen LogP contribution in [0.4, 0.5) is 0 Å². The monoisotopic (exact) mass is 380 g/mol. The number of nitrogens with zero attached hydrogens (tertiary/aromatic N) is 5. The zero-order valence-electron chi connectivity index (χ0n) is 18.1. The molecule has 7 heteroatoms. The van der Waals surface area contributed by atoms with E-state index < -0.39 is 0 Å². The normalized spacial score (nSPS) is 20.6. The van der Waals surface area contributed by atoms with E-state index in [4.69, 9.17) is 0 Å². The molecule has 0 aromatic heterocycles. The molecule has 156 valence electrons. The zero-order chi connectivity index (χ0) is 19.8. The third kappa shape index (κ3) is 6.07. The van der Waals surface area contributed by atoms with E-state index in [-0.39, 0.29) is 6.04 Å². The van der Waals surface area contributed by atoms with Crippen molar-refractivity contribution in [3.63, 3.8) is 0 Å². The fourth-order valence-corrected chi connectivity index (χ4v) is 4.10. The average molecular weight is 381 g/mol. The van der Waals surface area contributed by atoms with E-state index in [1.165, 1.54) is 0 Å². The lowest BCUT2D eigenvalue weighted by Crippen LogP contribution is -2.57. The predicted octanol–water partition coefficient (Wildman–Crippen LogP) is 0.921. The van der Waals surface area contributed by atoms with Crippen molar-refractivity contribution in [1.29, 1.82) is 0 Å². The van der Waals surface area contributed by atoms with Gasteiger partial charge in [-0.3, -0.25) is 19.6 Å². The lowest BCUT2D eigenvalue weighted by atomic mass is 10.2. The van der Waals surface area contributed by atoms with Crippen LogP contribution in [0.25, 0.3) is 0 Å². The Balaban J connectivity index is 1.76. The van der Waals surface area contributed by atoms with Gasteiger partial charge in [-0.25, -0.2) is 0 Å². The van der Waals surface area contributed by atoms with Crippen molar-refractivity contribution in [3.05, 3.63) is 0 Å². The van der Waals surface area contributed by atoms with Crippen molar-refractivity contribution in [2.75, 3.05) is 66.0 Å². The summed E-state index contributed by atoms with van der Waals surface area (Å²) < 4.78 is 0. The van der Waals surface area contributed by atoms with E-state index in [0.29, 0.717) is 11.9 Å². The summed E-state index contributed by atoms with van der Waals surface area (Å²) in [5.74, 6) is 1.28. The fourth-order valence-electron chi connectivity index (χ4n) is 4.10. The van der Waals surface area contributed by atoms with Crippen molar-refractivity contribution >= 4 is 11.9 Å². The maximum absolute atomic E-state index is 12.6. The van der Waals surface area contributed by atoms with E-state index in [9.17, 15) is 4.79 Å². The van der Waals surface area contributed by atoms with Gasteiger partial charge >= 0.3 is 0 Å². The molecule has 1 unspecified atom stereocenters. The van der Waals surface area contributed by atoms with Crippen LogP contribution < -0.4 is 5.32 Å². The standard InChI is InChI=1S/C20H40N6O/c1-6-23(17(2)3)12-9-22-20(21-5)26-15-13-24(14-16-26)18(4)19(27)25-10-7-8-11-25/h17-18H,6-16H2,1-5H3,(H,21,22). The van der Waals surface area contributed by atoms with E-state index in [2.05, 4.69) is 52.7 Å². The van der Waals surface area contributed by atoms with Crippen LogP contribution in [0.15, 0.2) is 4.99 Å². The van der Waals surface area contributed by atoms with E-state index in [1.54, 1.807) is 0 Å². The van der Waals surface area contributed by atoms with E-state index in [1.807, 2.05) is 11.9 Å². The number of hydrogen-bond donors (Lipinski definition) is 1. The van der Waals surface area contributed by atoms with E-state index >= 15 is 0 Å². The first-order valence-electron chi connectivity index (χ1n) is 10.7. The van der Waals surface area contributed by atoms with E-state index in [0.717, 1.165) is 77.7 Å². The molecule has 0 bridgehead atoms. The smallest absolute Gasteiger partial charge is 0.239 e. The number of likely N-dealkylation sites (tertiary alicyclic amines) is 1. The van der Waals surface area contributed by atoms with Crippen LogP contribution in [0.2, 0.25) is 0 Å². The molecule has 0 spiro atoms. The highest BCUT2D eigenvalue weighted by molar-refractivity contribution is 5.82. The third-order valence-electron chi connectivity index (χ3n) is 5.97. The van der Waals surface area contributed by atoms with Gasteiger partial charge in [-0.15, -0.1) is 0 Å². The molecular formula is C20H40N6O. The van der Waals surface area contributed by atoms with Crippen molar-refractivity contribution in [1.82, 2.24) is 24.9 Å². The zero-order valence-corrected chi connectivity index (χ0v) is 18.1. The van der Waals surface area contributed by atoms with Crippen LogP contribution in [0.3, 0.4) is 0 Å². The number of aliphatic imine (C=N–C) groups is 1. The number of rotatable bonds is 7. The van der Waals surface area contributed by atoms with Crippen LogP contribution in [0.1, 0.15) is 40.5 Å². The molecule has 0 aromatic rings. The van der Waals surface area contributed by atoms with Crippen LogP contribution in [-0.4, -0.2) is 110 Å². The summed E-state index contributed by atoms with van der Waals surface area (Å²) in [6.07, 6.45) is 2.31. The van der Waals surface area contributed by atoms with Gasteiger partial charge in [-0.2, -0.15) is 0 Å². The number of piperazine rings is 1. The number of carbonyl (C=O) groups excluding carboxylic acids is 1. The Labute approximate surface area is 165 Å². The molecule has 7 nitrogen and oxygen atoms in total. The van der Waals surface area contributed by atoms with Gasteiger partial charge in [-0.05, 0) is 40.2 Å². The molecule has 1 N–H and O–H groups in total. The Morgan fingerprint density at radius 3 is 2.19 bits per heavy atom. The maximum atomic E-state index is 12.6. The Hall–Kier alpha value is -1.34. The summed E-state index contributed by atoms with van der Waals surface area (Å²) in [6, 6.07) is 0.557. The molecule has 0 aromatic carbocycles. The van der Waals surface area contributed by atoms with Crippen LogP contribution in [0.5, 0.6) is 0 Å². The minimum Gasteiger partial charge on any atom is -0.355 e. The summed E-state index contributed by atoms with van der Waals surface area (Å²) in [5, 5.41) is 3.51. The number of carbonyl (C=O) groups is 1. The first-order valence-corrected chi connectivity index (χ1v) is 10.7.